The van der Waals surface area contributed by atoms with E-state index in [4.69, 9.17) is 4.74 Å². The van der Waals surface area contributed by atoms with Crippen LogP contribution in [0.3, 0.4) is 0 Å². The van der Waals surface area contributed by atoms with Crippen LogP contribution in [-0.2, 0) is 4.74 Å². The molecule has 0 bridgehead atoms. The molecule has 26 heavy (non-hydrogen) atoms. The second-order valence-electron chi connectivity index (χ2n) is 7.92. The van der Waals surface area contributed by atoms with Crippen LogP contribution in [0.25, 0.3) is 0 Å². The number of ether oxygens (including phenoxy) is 1. The Morgan fingerprint density at radius 2 is 2.00 bits per heavy atom. The second kappa shape index (κ2) is 7.61. The van der Waals surface area contributed by atoms with Crippen molar-refractivity contribution >= 4 is 6.09 Å². The minimum absolute atomic E-state index is 0.00934. The van der Waals surface area contributed by atoms with E-state index in [1.807, 2.05) is 0 Å². The number of hydrogen-bond acceptors (Lipinski definition) is 3. The summed E-state index contributed by atoms with van der Waals surface area (Å²) in [6.45, 7) is 7.54. The molecular weight excluding hydrogens is 338 g/mol. The van der Waals surface area contributed by atoms with Crippen LogP contribution in [0.15, 0.2) is 18.2 Å². The third-order valence-electron chi connectivity index (χ3n) is 4.77. The third kappa shape index (κ3) is 4.72. The number of nitriles is 1. The molecule has 1 heterocycles. The van der Waals surface area contributed by atoms with Crippen LogP contribution in [-0.4, -0.2) is 35.4 Å². The molecule has 0 radical (unpaired) electrons. The highest BCUT2D eigenvalue weighted by atomic mass is 19.1. The Bertz CT molecular complexity index is 699. The molecule has 1 saturated heterocycles. The second-order valence-corrected chi connectivity index (χ2v) is 7.92. The zero-order valence-corrected chi connectivity index (χ0v) is 15.8. The highest BCUT2D eigenvalue weighted by Gasteiger charge is 2.44. The quantitative estimate of drug-likeness (QED) is 0.769. The number of alkyl halides is 1. The van der Waals surface area contributed by atoms with E-state index in [0.29, 0.717) is 11.1 Å². The number of nitrogens with zero attached hydrogens (tertiary/aromatic N) is 2. The van der Waals surface area contributed by atoms with E-state index in [-0.39, 0.29) is 38.2 Å². The minimum Gasteiger partial charge on any atom is -0.444 e. The van der Waals surface area contributed by atoms with Gasteiger partial charge in [0.15, 0.2) is 0 Å². The molecular formula is C20H26F2N2O2. The monoisotopic (exact) mass is 364 g/mol. The standard InChI is InChI=1S/C20H26F2N2O2/c1-14-13-15(21)5-6-16(14)17(7-10-23)20(22)8-11-24(12-9-20)18(25)26-19(2,3)4/h5-6,13,17H,7-9,11-12H2,1-4H3. The number of aryl methyl sites for hydroxylation is 1. The molecule has 1 aliphatic rings. The predicted octanol–water partition coefficient (Wildman–Crippen LogP) is 4.87. The molecule has 4 nitrogen and oxygen atoms in total. The summed E-state index contributed by atoms with van der Waals surface area (Å²) in [7, 11) is 0. The summed E-state index contributed by atoms with van der Waals surface area (Å²) in [6, 6.07) is 6.28. The van der Waals surface area contributed by atoms with Crippen molar-refractivity contribution < 1.29 is 18.3 Å². The van der Waals surface area contributed by atoms with Crippen molar-refractivity contribution in [2.75, 3.05) is 13.1 Å². The molecule has 0 N–H and O–H groups in total. The number of benzene rings is 1. The fourth-order valence-corrected chi connectivity index (χ4v) is 3.43. The maximum Gasteiger partial charge on any atom is 0.410 e. The van der Waals surface area contributed by atoms with E-state index in [0.717, 1.165) is 0 Å². The zero-order valence-electron chi connectivity index (χ0n) is 15.8. The summed E-state index contributed by atoms with van der Waals surface area (Å²) >= 11 is 0. The Morgan fingerprint density at radius 1 is 1.38 bits per heavy atom. The topological polar surface area (TPSA) is 53.3 Å². The van der Waals surface area contributed by atoms with Crippen LogP contribution in [0.4, 0.5) is 13.6 Å². The van der Waals surface area contributed by atoms with Crippen LogP contribution in [0, 0.1) is 24.1 Å². The van der Waals surface area contributed by atoms with Crippen molar-refractivity contribution in [2.24, 2.45) is 0 Å². The fraction of sp³-hybridized carbons (Fsp3) is 0.600. The van der Waals surface area contributed by atoms with Gasteiger partial charge in [-0.1, -0.05) is 6.07 Å². The lowest BCUT2D eigenvalue weighted by Crippen LogP contribution is -2.48. The van der Waals surface area contributed by atoms with Gasteiger partial charge in [-0.05, 0) is 63.8 Å². The summed E-state index contributed by atoms with van der Waals surface area (Å²) < 4.78 is 34.5. The van der Waals surface area contributed by atoms with Crippen molar-refractivity contribution in [1.29, 1.82) is 5.26 Å². The molecule has 1 aromatic carbocycles. The van der Waals surface area contributed by atoms with Crippen molar-refractivity contribution in [3.63, 3.8) is 0 Å². The van der Waals surface area contributed by atoms with E-state index in [9.17, 15) is 14.4 Å². The van der Waals surface area contributed by atoms with Gasteiger partial charge in [-0.15, -0.1) is 0 Å². The lowest BCUT2D eigenvalue weighted by molar-refractivity contribution is -0.00342. The SMILES string of the molecule is Cc1cc(F)ccc1C(CC#N)C1(F)CCN(C(=O)OC(C)(C)C)CC1. The number of carbonyl (C=O) groups is 1. The van der Waals surface area contributed by atoms with Gasteiger partial charge in [0.2, 0.25) is 0 Å². The Labute approximate surface area is 153 Å². The van der Waals surface area contributed by atoms with E-state index in [1.165, 1.54) is 17.0 Å². The normalized spacial score (nSPS) is 18.1. The number of halogens is 2. The maximum atomic E-state index is 15.7. The van der Waals surface area contributed by atoms with Crippen molar-refractivity contribution in [3.05, 3.63) is 35.1 Å². The Kier molecular flexibility index (Phi) is 5.90. The van der Waals surface area contributed by atoms with E-state index in [1.54, 1.807) is 33.8 Å². The highest BCUT2D eigenvalue weighted by molar-refractivity contribution is 5.68. The largest absolute Gasteiger partial charge is 0.444 e. The molecule has 142 valence electrons. The third-order valence-corrected chi connectivity index (χ3v) is 4.77. The van der Waals surface area contributed by atoms with Crippen LogP contribution >= 0.6 is 0 Å². The summed E-state index contributed by atoms with van der Waals surface area (Å²) in [5, 5.41) is 9.18. The van der Waals surface area contributed by atoms with Gasteiger partial charge in [-0.3, -0.25) is 0 Å². The van der Waals surface area contributed by atoms with Gasteiger partial charge >= 0.3 is 6.09 Å². The van der Waals surface area contributed by atoms with Crippen molar-refractivity contribution in [3.8, 4) is 6.07 Å². The first-order valence-corrected chi connectivity index (χ1v) is 8.85. The number of piperidine rings is 1. The van der Waals surface area contributed by atoms with E-state index >= 15 is 4.39 Å². The molecule has 1 aromatic rings. The smallest absolute Gasteiger partial charge is 0.410 e. The van der Waals surface area contributed by atoms with Gasteiger partial charge in [0.05, 0.1) is 6.07 Å². The van der Waals surface area contributed by atoms with Gasteiger partial charge in [-0.25, -0.2) is 13.6 Å². The van der Waals surface area contributed by atoms with E-state index < -0.39 is 23.3 Å². The molecule has 1 aliphatic heterocycles. The lowest BCUT2D eigenvalue weighted by atomic mass is 9.74. The Balaban J connectivity index is 2.16. The maximum absolute atomic E-state index is 15.7. The molecule has 0 saturated carbocycles. The average Bonchev–Trinajstić information content (AvgIpc) is 2.52. The van der Waals surface area contributed by atoms with Gasteiger partial charge in [0.1, 0.15) is 17.1 Å². The van der Waals surface area contributed by atoms with E-state index in [2.05, 4.69) is 6.07 Å². The molecule has 2 rings (SSSR count). The Hall–Kier alpha value is -2.16. The van der Waals surface area contributed by atoms with Crippen LogP contribution < -0.4 is 0 Å². The molecule has 1 fully saturated rings. The number of hydrogen-bond donors (Lipinski definition) is 0. The first-order chi connectivity index (χ1) is 12.1. The summed E-state index contributed by atoms with van der Waals surface area (Å²) in [5.74, 6) is -1.02. The number of likely N-dealkylation sites (tertiary alicyclic amines) is 1. The van der Waals surface area contributed by atoms with Crippen LogP contribution in [0.5, 0.6) is 0 Å². The number of carbonyl (C=O) groups excluding carboxylic acids is 1. The van der Waals surface area contributed by atoms with Crippen molar-refractivity contribution in [1.82, 2.24) is 4.90 Å². The van der Waals surface area contributed by atoms with Gasteiger partial charge in [0.25, 0.3) is 0 Å². The van der Waals surface area contributed by atoms with Gasteiger partial charge in [-0.2, -0.15) is 5.26 Å². The minimum atomic E-state index is -1.61. The van der Waals surface area contributed by atoms with Crippen LogP contribution in [0.2, 0.25) is 0 Å². The first-order valence-electron chi connectivity index (χ1n) is 8.85. The lowest BCUT2D eigenvalue weighted by Gasteiger charge is -2.41. The predicted molar refractivity (Wildman–Crippen MR) is 95.0 cm³/mol. The average molecular weight is 364 g/mol. The molecule has 0 aliphatic carbocycles. The van der Waals surface area contributed by atoms with Gasteiger partial charge < -0.3 is 9.64 Å². The fourth-order valence-electron chi connectivity index (χ4n) is 3.43. The molecule has 6 heteroatoms. The molecule has 0 spiro atoms. The summed E-state index contributed by atoms with van der Waals surface area (Å²) in [6.07, 6.45) is -0.199. The summed E-state index contributed by atoms with van der Waals surface area (Å²) in [5.41, 5.74) is -0.926. The zero-order chi connectivity index (χ0) is 19.5. The molecule has 1 atom stereocenters. The van der Waals surface area contributed by atoms with Crippen LogP contribution in [0.1, 0.15) is 57.1 Å². The number of amides is 1. The Morgan fingerprint density at radius 3 is 2.50 bits per heavy atom. The molecule has 0 aromatic heterocycles. The van der Waals surface area contributed by atoms with Crippen molar-refractivity contribution in [2.45, 2.75) is 64.1 Å². The highest BCUT2D eigenvalue weighted by Crippen LogP contribution is 2.43. The first kappa shape index (κ1) is 20.2. The molecule has 1 unspecified atom stereocenters. The summed E-state index contributed by atoms with van der Waals surface area (Å²) in [4.78, 5) is 13.7. The van der Waals surface area contributed by atoms with Gasteiger partial charge in [0, 0.05) is 25.4 Å². The molecule has 1 amide bonds. The number of rotatable bonds is 3.